The van der Waals surface area contributed by atoms with Crippen LogP contribution in [0.4, 0.5) is 0 Å². The Hall–Kier alpha value is -2.98. The highest BCUT2D eigenvalue weighted by Gasteiger charge is 2.42. The normalized spacial score (nSPS) is 17.6. The van der Waals surface area contributed by atoms with Crippen molar-refractivity contribution in [3.8, 4) is 5.69 Å². The number of aromatic nitrogens is 1. The molecule has 0 saturated heterocycles. The summed E-state index contributed by atoms with van der Waals surface area (Å²) in [4.78, 5) is 18.0. The number of fused-ring (bicyclic) bond motifs is 1. The number of sulfone groups is 1. The molecule has 0 saturated carbocycles. The summed E-state index contributed by atoms with van der Waals surface area (Å²) in [5, 5.41) is 8.52. The SMILES string of the molecule is Cc1ccccc1-n1c(C)cc(/C=C2/C(=N)N3C(=NC2=O)SN=C3S(=O)(=O)CC(C)C)c1C. The number of benzene rings is 1. The lowest BCUT2D eigenvalue weighted by Gasteiger charge is -2.24. The van der Waals surface area contributed by atoms with Crippen LogP contribution in [0.25, 0.3) is 11.8 Å². The number of hydrogen-bond acceptors (Lipinski definition) is 6. The molecular formula is C23H25N5O3S2. The maximum Gasteiger partial charge on any atom is 0.283 e. The van der Waals surface area contributed by atoms with Gasteiger partial charge in [-0.1, -0.05) is 32.0 Å². The second-order valence-electron chi connectivity index (χ2n) is 8.53. The maximum atomic E-state index is 12.8. The molecule has 2 aliphatic heterocycles. The summed E-state index contributed by atoms with van der Waals surface area (Å²) in [7, 11) is -3.74. The Balaban J connectivity index is 1.76. The topological polar surface area (TPSA) is 108 Å². The molecule has 1 amide bonds. The summed E-state index contributed by atoms with van der Waals surface area (Å²) in [5.74, 6) is -1.03. The van der Waals surface area contributed by atoms with Gasteiger partial charge >= 0.3 is 0 Å². The van der Waals surface area contributed by atoms with Gasteiger partial charge in [0.15, 0.2) is 0 Å². The summed E-state index contributed by atoms with van der Waals surface area (Å²) < 4.78 is 31.8. The third-order valence-electron chi connectivity index (χ3n) is 5.45. The number of nitrogens with zero attached hydrogens (tertiary/aromatic N) is 4. The van der Waals surface area contributed by atoms with Crippen LogP contribution in [0.3, 0.4) is 0 Å². The fourth-order valence-electron chi connectivity index (χ4n) is 3.99. The Kier molecular flexibility index (Phi) is 5.92. The van der Waals surface area contributed by atoms with Gasteiger partial charge in [0.05, 0.1) is 23.3 Å². The van der Waals surface area contributed by atoms with Crippen molar-refractivity contribution in [2.75, 3.05) is 5.75 Å². The Bertz CT molecular complexity index is 1380. The van der Waals surface area contributed by atoms with Gasteiger partial charge in [-0.2, -0.15) is 9.39 Å². The Labute approximate surface area is 197 Å². The Morgan fingerprint density at radius 3 is 2.55 bits per heavy atom. The van der Waals surface area contributed by atoms with Crippen molar-refractivity contribution in [3.63, 3.8) is 0 Å². The van der Waals surface area contributed by atoms with Crippen LogP contribution in [0.1, 0.15) is 36.4 Å². The predicted octanol–water partition coefficient (Wildman–Crippen LogP) is 4.05. The number of hydrogen-bond donors (Lipinski definition) is 1. The molecule has 0 spiro atoms. The van der Waals surface area contributed by atoms with E-state index in [-0.39, 0.29) is 33.4 Å². The van der Waals surface area contributed by atoms with E-state index in [1.54, 1.807) is 19.9 Å². The van der Waals surface area contributed by atoms with Crippen LogP contribution in [0, 0.1) is 32.1 Å². The van der Waals surface area contributed by atoms with Gasteiger partial charge < -0.3 is 4.57 Å². The van der Waals surface area contributed by atoms with Gasteiger partial charge in [0.2, 0.25) is 20.2 Å². The van der Waals surface area contributed by atoms with Gasteiger partial charge in [0.1, 0.15) is 5.84 Å². The lowest BCUT2D eigenvalue weighted by Crippen LogP contribution is -2.46. The summed E-state index contributed by atoms with van der Waals surface area (Å²) in [6, 6.07) is 9.96. The number of carbonyl (C=O) groups is 1. The Morgan fingerprint density at radius 1 is 1.18 bits per heavy atom. The standard InChI is InChI=1S/C23H25N5O3S2/c1-13(2)12-33(30,31)23-26-32-22-25-21(29)18(20(24)28(22)23)11-17-10-15(4)27(16(17)5)19-9-7-6-8-14(19)3/h6-11,13,24H,12H2,1-5H3/b18-11-,24-20?. The lowest BCUT2D eigenvalue weighted by atomic mass is 10.1. The number of amidine groups is 3. The smallest absolute Gasteiger partial charge is 0.283 e. The van der Waals surface area contributed by atoms with E-state index in [4.69, 9.17) is 5.41 Å². The monoisotopic (exact) mass is 483 g/mol. The zero-order chi connectivity index (χ0) is 24.1. The average molecular weight is 484 g/mol. The minimum atomic E-state index is -3.74. The molecule has 1 N–H and O–H groups in total. The van der Waals surface area contributed by atoms with Crippen LogP contribution in [-0.2, 0) is 14.6 Å². The molecule has 0 aliphatic carbocycles. The van der Waals surface area contributed by atoms with Crippen molar-refractivity contribution < 1.29 is 13.2 Å². The van der Waals surface area contributed by atoms with Crippen LogP contribution in [0.5, 0.6) is 0 Å². The van der Waals surface area contributed by atoms with Gasteiger partial charge in [-0.15, -0.1) is 0 Å². The minimum Gasteiger partial charge on any atom is -0.318 e. The van der Waals surface area contributed by atoms with E-state index in [1.165, 1.54) is 0 Å². The first kappa shape index (κ1) is 23.2. The molecule has 1 aromatic carbocycles. The molecule has 1 aromatic heterocycles. The molecule has 33 heavy (non-hydrogen) atoms. The van der Waals surface area contributed by atoms with E-state index in [1.807, 2.05) is 51.1 Å². The summed E-state index contributed by atoms with van der Waals surface area (Å²) in [6.07, 6.45) is 1.61. The van der Waals surface area contributed by atoms with Gasteiger partial charge in [-0.25, -0.2) is 13.3 Å². The third kappa shape index (κ3) is 4.08. The second-order valence-corrected chi connectivity index (χ2v) is 11.2. The molecule has 10 heteroatoms. The molecule has 4 rings (SSSR count). The molecular weight excluding hydrogens is 458 g/mol. The highest BCUT2D eigenvalue weighted by molar-refractivity contribution is 8.16. The molecule has 3 heterocycles. The zero-order valence-electron chi connectivity index (χ0n) is 19.1. The van der Waals surface area contributed by atoms with E-state index in [9.17, 15) is 13.2 Å². The first-order chi connectivity index (χ1) is 15.5. The molecule has 0 unspecified atom stereocenters. The first-order valence-corrected chi connectivity index (χ1v) is 12.9. The fraction of sp³-hybridized carbons (Fsp3) is 0.304. The average Bonchev–Trinajstić information content (AvgIpc) is 3.26. The predicted molar refractivity (Wildman–Crippen MR) is 134 cm³/mol. The van der Waals surface area contributed by atoms with Crippen LogP contribution in [0.2, 0.25) is 0 Å². The van der Waals surface area contributed by atoms with Gasteiger partial charge in [-0.3, -0.25) is 10.2 Å². The quantitative estimate of drug-likeness (QED) is 0.521. The lowest BCUT2D eigenvalue weighted by molar-refractivity contribution is -0.114. The first-order valence-electron chi connectivity index (χ1n) is 10.5. The second kappa shape index (κ2) is 8.42. The number of aliphatic imine (C=N–C) groups is 1. The molecule has 172 valence electrons. The number of carbonyl (C=O) groups excluding carboxylic acids is 1. The third-order valence-corrected chi connectivity index (χ3v) is 8.20. The molecule has 2 aromatic rings. The number of nitrogens with one attached hydrogen (secondary N) is 1. The van der Waals surface area contributed by atoms with Crippen molar-refractivity contribution in [2.24, 2.45) is 15.3 Å². The number of para-hydroxylation sites is 1. The van der Waals surface area contributed by atoms with Gasteiger partial charge in [0, 0.05) is 17.1 Å². The van der Waals surface area contributed by atoms with Gasteiger partial charge in [0.25, 0.3) is 5.91 Å². The maximum absolute atomic E-state index is 12.8. The molecule has 0 atom stereocenters. The minimum absolute atomic E-state index is 0.0266. The molecule has 0 bridgehead atoms. The van der Waals surface area contributed by atoms with E-state index in [0.717, 1.165) is 45.0 Å². The fourth-order valence-corrected chi connectivity index (χ4v) is 6.72. The highest BCUT2D eigenvalue weighted by Crippen LogP contribution is 2.32. The summed E-state index contributed by atoms with van der Waals surface area (Å²) >= 11 is 0.805. The van der Waals surface area contributed by atoms with E-state index < -0.39 is 15.7 Å². The summed E-state index contributed by atoms with van der Waals surface area (Å²) in [5.41, 5.74) is 4.82. The van der Waals surface area contributed by atoms with Crippen molar-refractivity contribution in [1.29, 1.82) is 5.41 Å². The van der Waals surface area contributed by atoms with E-state index >= 15 is 0 Å². The summed E-state index contributed by atoms with van der Waals surface area (Å²) in [6.45, 7) is 9.56. The van der Waals surface area contributed by atoms with E-state index in [0.29, 0.717) is 0 Å². The molecule has 2 aliphatic rings. The zero-order valence-corrected chi connectivity index (χ0v) is 20.7. The number of aryl methyl sites for hydroxylation is 2. The largest absolute Gasteiger partial charge is 0.318 e. The van der Waals surface area contributed by atoms with Crippen molar-refractivity contribution in [2.45, 2.75) is 34.6 Å². The van der Waals surface area contributed by atoms with Crippen LogP contribution in [-0.4, -0.2) is 45.7 Å². The van der Waals surface area contributed by atoms with E-state index in [2.05, 4.69) is 14.0 Å². The number of rotatable bonds is 4. The Morgan fingerprint density at radius 2 is 1.88 bits per heavy atom. The van der Waals surface area contributed by atoms with Crippen molar-refractivity contribution in [1.82, 2.24) is 9.47 Å². The highest BCUT2D eigenvalue weighted by atomic mass is 32.2. The van der Waals surface area contributed by atoms with Crippen LogP contribution >= 0.6 is 11.9 Å². The molecule has 0 radical (unpaired) electrons. The number of amides is 1. The molecule has 8 nitrogen and oxygen atoms in total. The van der Waals surface area contributed by atoms with Crippen LogP contribution in [0.15, 0.2) is 45.3 Å². The van der Waals surface area contributed by atoms with Crippen molar-refractivity contribution >= 4 is 49.9 Å². The molecule has 0 fully saturated rings. The van der Waals surface area contributed by atoms with Gasteiger partial charge in [-0.05, 0) is 56.0 Å². The van der Waals surface area contributed by atoms with Crippen LogP contribution < -0.4 is 0 Å². The van der Waals surface area contributed by atoms with Crippen molar-refractivity contribution in [3.05, 3.63) is 58.4 Å².